The number of furan rings is 1. The van der Waals surface area contributed by atoms with Crippen molar-refractivity contribution in [1.82, 2.24) is 5.32 Å². The van der Waals surface area contributed by atoms with E-state index in [9.17, 15) is 4.79 Å². The molecule has 5 nitrogen and oxygen atoms in total. The molecule has 1 aromatic rings. The van der Waals surface area contributed by atoms with Crippen molar-refractivity contribution in [3.63, 3.8) is 0 Å². The van der Waals surface area contributed by atoms with Gasteiger partial charge in [0, 0.05) is 18.6 Å². The van der Waals surface area contributed by atoms with Crippen molar-refractivity contribution in [2.75, 3.05) is 13.2 Å². The third kappa shape index (κ3) is 3.87. The van der Waals surface area contributed by atoms with Crippen LogP contribution >= 0.6 is 0 Å². The number of carboxylic acid groups (broad SMARTS) is 1. The van der Waals surface area contributed by atoms with Gasteiger partial charge in [-0.15, -0.1) is 0 Å². The summed E-state index contributed by atoms with van der Waals surface area (Å²) in [6.07, 6.45) is 0. The summed E-state index contributed by atoms with van der Waals surface area (Å²) in [4.78, 5) is 10.7. The Labute approximate surface area is 100 Å². The van der Waals surface area contributed by atoms with Crippen LogP contribution in [-0.4, -0.2) is 29.3 Å². The molecule has 0 fully saturated rings. The molecule has 0 aromatic carbocycles. The van der Waals surface area contributed by atoms with Crippen LogP contribution in [0.5, 0.6) is 0 Å². The van der Waals surface area contributed by atoms with Crippen molar-refractivity contribution in [2.24, 2.45) is 5.41 Å². The first-order chi connectivity index (χ1) is 7.85. The average molecular weight is 241 g/mol. The van der Waals surface area contributed by atoms with Gasteiger partial charge in [0.25, 0.3) is 0 Å². The average Bonchev–Trinajstić information content (AvgIpc) is 2.75. The second-order valence-corrected chi connectivity index (χ2v) is 4.93. The summed E-state index contributed by atoms with van der Waals surface area (Å²) in [5, 5.41) is 21.0. The van der Waals surface area contributed by atoms with Gasteiger partial charge in [-0.25, -0.2) is 4.79 Å². The highest BCUT2D eigenvalue weighted by atomic mass is 16.4. The van der Waals surface area contributed by atoms with Gasteiger partial charge in [-0.1, -0.05) is 13.8 Å². The summed E-state index contributed by atoms with van der Waals surface area (Å²) in [6, 6.07) is 2.99. The van der Waals surface area contributed by atoms with Crippen LogP contribution < -0.4 is 5.32 Å². The Morgan fingerprint density at radius 1 is 1.53 bits per heavy atom. The molecule has 1 aromatic heterocycles. The first-order valence-electron chi connectivity index (χ1n) is 5.53. The SMILES string of the molecule is CC(NCC(C)(C)CO)c1ccc(C(=O)O)o1. The summed E-state index contributed by atoms with van der Waals surface area (Å²) >= 11 is 0. The van der Waals surface area contributed by atoms with E-state index in [1.807, 2.05) is 20.8 Å². The Hall–Kier alpha value is -1.33. The maximum Gasteiger partial charge on any atom is 0.371 e. The van der Waals surface area contributed by atoms with Crippen LogP contribution in [0.15, 0.2) is 16.5 Å². The first kappa shape index (κ1) is 13.7. The third-order valence-corrected chi connectivity index (χ3v) is 2.58. The van der Waals surface area contributed by atoms with Crippen LogP contribution in [0, 0.1) is 5.41 Å². The van der Waals surface area contributed by atoms with E-state index in [4.69, 9.17) is 14.6 Å². The number of carbonyl (C=O) groups is 1. The largest absolute Gasteiger partial charge is 0.475 e. The molecule has 1 heterocycles. The second-order valence-electron chi connectivity index (χ2n) is 4.93. The molecule has 1 atom stereocenters. The van der Waals surface area contributed by atoms with Gasteiger partial charge in [0.05, 0.1) is 6.04 Å². The Balaban J connectivity index is 2.58. The maximum absolute atomic E-state index is 10.7. The van der Waals surface area contributed by atoms with Crippen LogP contribution in [0.2, 0.25) is 0 Å². The van der Waals surface area contributed by atoms with Gasteiger partial charge in [0.1, 0.15) is 5.76 Å². The Morgan fingerprint density at radius 3 is 2.65 bits per heavy atom. The molecule has 0 aliphatic carbocycles. The van der Waals surface area contributed by atoms with Gasteiger partial charge >= 0.3 is 5.97 Å². The normalized spacial score (nSPS) is 13.6. The minimum atomic E-state index is -1.07. The van der Waals surface area contributed by atoms with Crippen LogP contribution in [-0.2, 0) is 0 Å². The molecule has 5 heteroatoms. The van der Waals surface area contributed by atoms with Crippen molar-refractivity contribution < 1.29 is 19.4 Å². The summed E-state index contributed by atoms with van der Waals surface area (Å²) in [5.74, 6) is -0.551. The highest BCUT2D eigenvalue weighted by Crippen LogP contribution is 2.19. The number of carboxylic acids is 1. The molecular weight excluding hydrogens is 222 g/mol. The van der Waals surface area contributed by atoms with E-state index >= 15 is 0 Å². The van der Waals surface area contributed by atoms with E-state index in [1.165, 1.54) is 6.07 Å². The number of aliphatic hydroxyl groups excluding tert-OH is 1. The van der Waals surface area contributed by atoms with Crippen LogP contribution in [0.3, 0.4) is 0 Å². The molecule has 0 saturated heterocycles. The lowest BCUT2D eigenvalue weighted by atomic mass is 9.94. The summed E-state index contributed by atoms with van der Waals surface area (Å²) in [7, 11) is 0. The lowest BCUT2D eigenvalue weighted by Crippen LogP contribution is -2.33. The zero-order chi connectivity index (χ0) is 13.1. The topological polar surface area (TPSA) is 82.7 Å². The maximum atomic E-state index is 10.7. The van der Waals surface area contributed by atoms with Crippen molar-refractivity contribution >= 4 is 5.97 Å². The van der Waals surface area contributed by atoms with Gasteiger partial charge in [0.15, 0.2) is 0 Å². The van der Waals surface area contributed by atoms with Crippen LogP contribution in [0.25, 0.3) is 0 Å². The number of rotatable bonds is 6. The molecule has 0 bridgehead atoms. The number of hydrogen-bond donors (Lipinski definition) is 3. The molecule has 0 amide bonds. The predicted octanol–water partition coefficient (Wildman–Crippen LogP) is 1.65. The van der Waals surface area contributed by atoms with Gasteiger partial charge in [-0.2, -0.15) is 0 Å². The quantitative estimate of drug-likeness (QED) is 0.705. The smallest absolute Gasteiger partial charge is 0.371 e. The van der Waals surface area contributed by atoms with Crippen molar-refractivity contribution in [2.45, 2.75) is 26.8 Å². The number of nitrogens with one attached hydrogen (secondary N) is 1. The third-order valence-electron chi connectivity index (χ3n) is 2.58. The van der Waals surface area contributed by atoms with Crippen LogP contribution in [0.4, 0.5) is 0 Å². The fourth-order valence-electron chi connectivity index (χ4n) is 1.29. The van der Waals surface area contributed by atoms with E-state index in [1.54, 1.807) is 6.07 Å². The van der Waals surface area contributed by atoms with E-state index in [0.717, 1.165) is 0 Å². The van der Waals surface area contributed by atoms with Crippen LogP contribution in [0.1, 0.15) is 43.1 Å². The second kappa shape index (κ2) is 5.33. The fourth-order valence-corrected chi connectivity index (χ4v) is 1.29. The van der Waals surface area contributed by atoms with Gasteiger partial charge in [-0.05, 0) is 19.1 Å². The van der Waals surface area contributed by atoms with Gasteiger partial charge in [-0.3, -0.25) is 0 Å². The molecule has 0 saturated carbocycles. The Kier molecular flexibility index (Phi) is 4.31. The molecule has 0 aliphatic rings. The van der Waals surface area contributed by atoms with Crippen molar-refractivity contribution in [1.29, 1.82) is 0 Å². The summed E-state index contributed by atoms with van der Waals surface area (Å²) in [5.41, 5.74) is -0.212. The molecule has 1 unspecified atom stereocenters. The highest BCUT2D eigenvalue weighted by Gasteiger charge is 2.19. The lowest BCUT2D eigenvalue weighted by molar-refractivity contribution is 0.0659. The minimum Gasteiger partial charge on any atom is -0.475 e. The molecule has 96 valence electrons. The molecular formula is C12H19NO4. The zero-order valence-corrected chi connectivity index (χ0v) is 10.4. The van der Waals surface area contributed by atoms with Gasteiger partial charge < -0.3 is 19.9 Å². The molecule has 1 rings (SSSR count). The number of hydrogen-bond acceptors (Lipinski definition) is 4. The Morgan fingerprint density at radius 2 is 2.18 bits per heavy atom. The Bertz CT molecular complexity index is 384. The van der Waals surface area contributed by atoms with Crippen molar-refractivity contribution in [3.05, 3.63) is 23.7 Å². The van der Waals surface area contributed by atoms with E-state index in [2.05, 4.69) is 5.32 Å². The van der Waals surface area contributed by atoms with Gasteiger partial charge in [0.2, 0.25) is 5.76 Å². The summed E-state index contributed by atoms with van der Waals surface area (Å²) in [6.45, 7) is 6.48. The highest BCUT2D eigenvalue weighted by molar-refractivity contribution is 5.84. The molecule has 3 N–H and O–H groups in total. The minimum absolute atomic E-state index is 0.0601. The standard InChI is InChI=1S/C12H19NO4/c1-8(13-6-12(2,3)7-14)9-4-5-10(17-9)11(15)16/h4-5,8,13-14H,6-7H2,1-3H3,(H,15,16). The number of aromatic carboxylic acids is 1. The molecule has 0 radical (unpaired) electrons. The monoisotopic (exact) mass is 241 g/mol. The van der Waals surface area contributed by atoms with Crippen molar-refractivity contribution in [3.8, 4) is 0 Å². The van der Waals surface area contributed by atoms with E-state index < -0.39 is 5.97 Å². The number of aliphatic hydroxyl groups is 1. The van der Waals surface area contributed by atoms with E-state index in [-0.39, 0.29) is 23.8 Å². The molecule has 0 spiro atoms. The van der Waals surface area contributed by atoms with E-state index in [0.29, 0.717) is 12.3 Å². The molecule has 0 aliphatic heterocycles. The lowest BCUT2D eigenvalue weighted by Gasteiger charge is -2.24. The fraction of sp³-hybridized carbons (Fsp3) is 0.583. The summed E-state index contributed by atoms with van der Waals surface area (Å²) < 4.78 is 5.18. The molecule has 17 heavy (non-hydrogen) atoms. The predicted molar refractivity (Wildman–Crippen MR) is 63.0 cm³/mol. The zero-order valence-electron chi connectivity index (χ0n) is 10.4. The first-order valence-corrected chi connectivity index (χ1v) is 5.53.